The molecule has 4 heteroatoms. The van der Waals surface area contributed by atoms with Crippen LogP contribution in [0.2, 0.25) is 0 Å². The van der Waals surface area contributed by atoms with Crippen molar-refractivity contribution in [2.24, 2.45) is 23.7 Å². The monoisotopic (exact) mass is 224 g/mol. The summed E-state index contributed by atoms with van der Waals surface area (Å²) in [7, 11) is 0. The Kier molecular flexibility index (Phi) is 2.74. The smallest absolute Gasteiger partial charge is 0.330 e. The number of allylic oxidation sites excluding steroid dienone is 1. The minimum atomic E-state index is -0.877. The second-order valence-electron chi connectivity index (χ2n) is 4.99. The molecule has 4 nitrogen and oxygen atoms in total. The van der Waals surface area contributed by atoms with E-state index in [1.807, 2.05) is 6.08 Å². The number of hydrogen-bond acceptors (Lipinski definition) is 2. The summed E-state index contributed by atoms with van der Waals surface area (Å²) in [4.78, 5) is 21.6. The molecule has 0 heterocycles. The summed E-state index contributed by atoms with van der Waals surface area (Å²) in [5.74, 6) is -0.857. The highest BCUT2D eigenvalue weighted by Gasteiger charge is 2.47. The van der Waals surface area contributed by atoms with E-state index in [0.29, 0.717) is 17.9 Å². The third-order valence-corrected chi connectivity index (χ3v) is 4.03. The van der Waals surface area contributed by atoms with Crippen LogP contribution in [0.25, 0.3) is 0 Å². The van der Waals surface area contributed by atoms with Crippen LogP contribution in [0.5, 0.6) is 0 Å². The first kappa shape index (κ1) is 11.2. The molecular weight excluding hydrogens is 208 g/mol. The lowest BCUT2D eigenvalue weighted by Crippen LogP contribution is -2.23. The maximum absolute atomic E-state index is 10.9. The van der Waals surface area contributed by atoms with Crippen LogP contribution in [-0.2, 0) is 9.59 Å². The lowest BCUT2D eigenvalue weighted by atomic mass is 9.81. The molecule has 0 saturated heterocycles. The molecule has 0 amide bonds. The SMILES string of the molecule is CC(=CC1CC2CC1CC2C(=O)O)C(=O)O. The van der Waals surface area contributed by atoms with E-state index in [1.165, 1.54) is 0 Å². The summed E-state index contributed by atoms with van der Waals surface area (Å²) in [5, 5.41) is 17.8. The summed E-state index contributed by atoms with van der Waals surface area (Å²) in [5.41, 5.74) is 0.379. The van der Waals surface area contributed by atoms with Crippen molar-refractivity contribution in [1.29, 1.82) is 0 Å². The van der Waals surface area contributed by atoms with E-state index in [-0.39, 0.29) is 17.8 Å². The highest BCUT2D eigenvalue weighted by Crippen LogP contribution is 2.52. The molecule has 0 spiro atoms. The molecule has 0 aromatic rings. The highest BCUT2D eigenvalue weighted by molar-refractivity contribution is 5.85. The van der Waals surface area contributed by atoms with E-state index in [1.54, 1.807) is 6.92 Å². The molecule has 4 atom stereocenters. The van der Waals surface area contributed by atoms with Crippen molar-refractivity contribution in [2.45, 2.75) is 26.2 Å². The minimum Gasteiger partial charge on any atom is -0.481 e. The second kappa shape index (κ2) is 3.92. The van der Waals surface area contributed by atoms with Gasteiger partial charge < -0.3 is 10.2 Å². The standard InChI is InChI=1S/C12H16O4/c1-6(11(13)14)2-7-3-9-4-8(7)5-10(9)12(15)16/h2,7-10H,3-5H2,1H3,(H,13,14)(H,15,16). The number of aliphatic carboxylic acids is 2. The molecule has 2 bridgehead atoms. The molecule has 4 unspecified atom stereocenters. The Morgan fingerprint density at radius 2 is 1.81 bits per heavy atom. The Balaban J connectivity index is 2.03. The quantitative estimate of drug-likeness (QED) is 0.716. The molecule has 2 N–H and O–H groups in total. The van der Waals surface area contributed by atoms with Gasteiger partial charge >= 0.3 is 11.9 Å². The first-order valence-electron chi connectivity index (χ1n) is 5.63. The highest BCUT2D eigenvalue weighted by atomic mass is 16.4. The van der Waals surface area contributed by atoms with Crippen molar-refractivity contribution < 1.29 is 19.8 Å². The van der Waals surface area contributed by atoms with Crippen molar-refractivity contribution in [2.75, 3.05) is 0 Å². The van der Waals surface area contributed by atoms with Gasteiger partial charge in [-0.05, 0) is 43.9 Å². The molecule has 2 rings (SSSR count). The van der Waals surface area contributed by atoms with Gasteiger partial charge in [-0.3, -0.25) is 4.79 Å². The van der Waals surface area contributed by atoms with Crippen LogP contribution in [0, 0.1) is 23.7 Å². The maximum atomic E-state index is 10.9. The first-order chi connectivity index (χ1) is 7.49. The van der Waals surface area contributed by atoms with E-state index in [4.69, 9.17) is 10.2 Å². The van der Waals surface area contributed by atoms with E-state index in [2.05, 4.69) is 0 Å². The molecule has 0 aliphatic heterocycles. The maximum Gasteiger partial charge on any atom is 0.330 e. The fraction of sp³-hybridized carbons (Fsp3) is 0.667. The third-order valence-electron chi connectivity index (χ3n) is 4.03. The Morgan fingerprint density at radius 3 is 2.25 bits per heavy atom. The Bertz CT molecular complexity index is 358. The van der Waals surface area contributed by atoms with Gasteiger partial charge in [-0.25, -0.2) is 4.79 Å². The van der Waals surface area contributed by atoms with Crippen molar-refractivity contribution in [3.63, 3.8) is 0 Å². The Hall–Kier alpha value is -1.32. The molecule has 0 aromatic heterocycles. The number of carboxylic acids is 2. The summed E-state index contributed by atoms with van der Waals surface area (Å²) in [6, 6.07) is 0. The molecule has 2 aliphatic carbocycles. The molecule has 0 radical (unpaired) electrons. The van der Waals surface area contributed by atoms with Gasteiger partial charge in [-0.2, -0.15) is 0 Å². The summed E-state index contributed by atoms with van der Waals surface area (Å²) >= 11 is 0. The molecule has 2 saturated carbocycles. The lowest BCUT2D eigenvalue weighted by molar-refractivity contribution is -0.143. The van der Waals surface area contributed by atoms with Crippen LogP contribution in [-0.4, -0.2) is 22.2 Å². The van der Waals surface area contributed by atoms with E-state index >= 15 is 0 Å². The summed E-state index contributed by atoms with van der Waals surface area (Å²) in [6.45, 7) is 1.60. The zero-order valence-electron chi connectivity index (χ0n) is 9.22. The number of rotatable bonds is 3. The predicted molar refractivity (Wildman–Crippen MR) is 56.8 cm³/mol. The summed E-state index contributed by atoms with van der Waals surface area (Å²) < 4.78 is 0. The van der Waals surface area contributed by atoms with Crippen molar-refractivity contribution in [3.8, 4) is 0 Å². The lowest BCUT2D eigenvalue weighted by Gasteiger charge is -2.23. The number of fused-ring (bicyclic) bond motifs is 2. The van der Waals surface area contributed by atoms with Gasteiger partial charge in [-0.15, -0.1) is 0 Å². The second-order valence-corrected chi connectivity index (χ2v) is 4.99. The fourth-order valence-corrected chi connectivity index (χ4v) is 3.22. The van der Waals surface area contributed by atoms with E-state index in [0.717, 1.165) is 12.8 Å². The molecule has 2 aliphatic rings. The normalized spacial score (nSPS) is 37.7. The zero-order valence-corrected chi connectivity index (χ0v) is 9.22. The van der Waals surface area contributed by atoms with Crippen LogP contribution in [0.1, 0.15) is 26.2 Å². The fourth-order valence-electron chi connectivity index (χ4n) is 3.22. The van der Waals surface area contributed by atoms with Crippen LogP contribution < -0.4 is 0 Å². The molecule has 88 valence electrons. The Morgan fingerprint density at radius 1 is 1.12 bits per heavy atom. The molecule has 16 heavy (non-hydrogen) atoms. The van der Waals surface area contributed by atoms with Gasteiger partial charge in [0.25, 0.3) is 0 Å². The number of carbonyl (C=O) groups is 2. The van der Waals surface area contributed by atoms with Gasteiger partial charge in [0.1, 0.15) is 0 Å². The van der Waals surface area contributed by atoms with Crippen molar-refractivity contribution in [1.82, 2.24) is 0 Å². The average Bonchev–Trinajstić information content (AvgIpc) is 2.75. The average molecular weight is 224 g/mol. The van der Waals surface area contributed by atoms with Gasteiger partial charge in [0.2, 0.25) is 0 Å². The number of carboxylic acid groups (broad SMARTS) is 2. The van der Waals surface area contributed by atoms with Crippen LogP contribution in [0.3, 0.4) is 0 Å². The topological polar surface area (TPSA) is 74.6 Å². The van der Waals surface area contributed by atoms with Crippen LogP contribution in [0.15, 0.2) is 11.6 Å². The summed E-state index contributed by atoms with van der Waals surface area (Å²) in [6.07, 6.45) is 4.32. The van der Waals surface area contributed by atoms with Crippen molar-refractivity contribution in [3.05, 3.63) is 11.6 Å². The van der Waals surface area contributed by atoms with Gasteiger partial charge in [0.05, 0.1) is 5.92 Å². The van der Waals surface area contributed by atoms with E-state index in [9.17, 15) is 9.59 Å². The Labute approximate surface area is 94.0 Å². The predicted octanol–water partition coefficient (Wildman–Crippen LogP) is 1.76. The molecule has 2 fully saturated rings. The van der Waals surface area contributed by atoms with Crippen LogP contribution in [0.4, 0.5) is 0 Å². The van der Waals surface area contributed by atoms with Gasteiger partial charge in [0, 0.05) is 5.57 Å². The molecular formula is C12H16O4. The van der Waals surface area contributed by atoms with Crippen LogP contribution >= 0.6 is 0 Å². The van der Waals surface area contributed by atoms with E-state index < -0.39 is 11.9 Å². The zero-order chi connectivity index (χ0) is 11.9. The first-order valence-corrected chi connectivity index (χ1v) is 5.63. The largest absolute Gasteiger partial charge is 0.481 e. The third kappa shape index (κ3) is 1.84. The minimum absolute atomic E-state index is 0.195. The molecule has 0 aromatic carbocycles. The van der Waals surface area contributed by atoms with Gasteiger partial charge in [0.15, 0.2) is 0 Å². The number of hydrogen-bond donors (Lipinski definition) is 2. The van der Waals surface area contributed by atoms with Gasteiger partial charge in [-0.1, -0.05) is 6.08 Å². The van der Waals surface area contributed by atoms with Crippen molar-refractivity contribution >= 4 is 11.9 Å².